The van der Waals surface area contributed by atoms with E-state index in [4.69, 9.17) is 0 Å². The van der Waals surface area contributed by atoms with Crippen LogP contribution in [0, 0.1) is 5.92 Å². The highest BCUT2D eigenvalue weighted by molar-refractivity contribution is 8.13. The predicted octanol–water partition coefficient (Wildman–Crippen LogP) is 2.74. The van der Waals surface area contributed by atoms with Crippen LogP contribution in [-0.4, -0.2) is 28.4 Å². The van der Waals surface area contributed by atoms with Gasteiger partial charge in [-0.1, -0.05) is 43.3 Å². The van der Waals surface area contributed by atoms with Crippen LogP contribution >= 0.6 is 11.8 Å². The van der Waals surface area contributed by atoms with Crippen molar-refractivity contribution in [3.05, 3.63) is 23.8 Å². The summed E-state index contributed by atoms with van der Waals surface area (Å²) in [5.41, 5.74) is 0.917. The molecule has 0 aliphatic rings. The second kappa shape index (κ2) is 9.11. The summed E-state index contributed by atoms with van der Waals surface area (Å²) < 4.78 is 0. The molecular weight excluding hydrogens is 248 g/mol. The van der Waals surface area contributed by atoms with Crippen LogP contribution in [0.5, 0.6) is 0 Å². The van der Waals surface area contributed by atoms with E-state index in [9.17, 15) is 14.7 Å². The number of hydrogen-bond donors (Lipinski definition) is 1. The highest BCUT2D eigenvalue weighted by atomic mass is 32.2. The molecule has 0 aromatic rings. The van der Waals surface area contributed by atoms with Crippen LogP contribution in [0.25, 0.3) is 0 Å². The van der Waals surface area contributed by atoms with Crippen molar-refractivity contribution in [2.45, 2.75) is 39.7 Å². The van der Waals surface area contributed by atoms with E-state index in [1.54, 1.807) is 12.3 Å². The third kappa shape index (κ3) is 7.45. The molecule has 0 bridgehead atoms. The fourth-order valence-corrected chi connectivity index (χ4v) is 1.74. The van der Waals surface area contributed by atoms with Crippen LogP contribution in [0.4, 0.5) is 0 Å². The van der Waals surface area contributed by atoms with Crippen molar-refractivity contribution in [1.29, 1.82) is 0 Å². The van der Waals surface area contributed by atoms with E-state index in [1.807, 2.05) is 26.8 Å². The highest BCUT2D eigenvalue weighted by Gasteiger charge is 2.09. The van der Waals surface area contributed by atoms with Gasteiger partial charge in [-0.2, -0.15) is 0 Å². The molecule has 0 aliphatic carbocycles. The Balaban J connectivity index is 4.37. The van der Waals surface area contributed by atoms with Crippen molar-refractivity contribution < 1.29 is 14.7 Å². The van der Waals surface area contributed by atoms with Crippen molar-refractivity contribution in [3.8, 4) is 0 Å². The summed E-state index contributed by atoms with van der Waals surface area (Å²) in [6, 6.07) is 0. The minimum atomic E-state index is -0.359. The van der Waals surface area contributed by atoms with Crippen LogP contribution in [0.1, 0.15) is 33.6 Å². The van der Waals surface area contributed by atoms with Gasteiger partial charge >= 0.3 is 0 Å². The molecule has 0 rings (SSSR count). The fraction of sp³-hybridized carbons (Fsp3) is 0.571. The SMILES string of the molecule is CC[C@@H](O)[C@@H](C)C=C(C)C=CC(=O)CC(=O)SC. The summed E-state index contributed by atoms with van der Waals surface area (Å²) in [4.78, 5) is 22.4. The summed E-state index contributed by atoms with van der Waals surface area (Å²) in [5.74, 6) is -0.131. The highest BCUT2D eigenvalue weighted by Crippen LogP contribution is 2.11. The van der Waals surface area contributed by atoms with Crippen LogP contribution < -0.4 is 0 Å². The van der Waals surface area contributed by atoms with Crippen molar-refractivity contribution >= 4 is 22.7 Å². The lowest BCUT2D eigenvalue weighted by Gasteiger charge is -2.13. The maximum Gasteiger partial charge on any atom is 0.196 e. The van der Waals surface area contributed by atoms with Gasteiger partial charge in [0, 0.05) is 5.92 Å². The first-order valence-electron chi connectivity index (χ1n) is 6.04. The Morgan fingerprint density at radius 1 is 1.33 bits per heavy atom. The molecule has 0 aliphatic heterocycles. The Bertz CT molecular complexity index is 345. The van der Waals surface area contributed by atoms with Gasteiger partial charge < -0.3 is 5.11 Å². The average molecular weight is 270 g/mol. The molecule has 4 heteroatoms. The molecule has 102 valence electrons. The first-order valence-corrected chi connectivity index (χ1v) is 7.27. The minimum absolute atomic E-state index is 0.0575. The lowest BCUT2D eigenvalue weighted by Crippen LogP contribution is -2.14. The molecule has 0 unspecified atom stereocenters. The number of aliphatic hydroxyl groups is 1. The molecule has 0 spiro atoms. The molecule has 0 saturated carbocycles. The van der Waals surface area contributed by atoms with Crippen molar-refractivity contribution in [3.63, 3.8) is 0 Å². The fourth-order valence-electron chi connectivity index (χ4n) is 1.45. The van der Waals surface area contributed by atoms with Gasteiger partial charge in [0.25, 0.3) is 0 Å². The van der Waals surface area contributed by atoms with Crippen molar-refractivity contribution in [2.75, 3.05) is 6.26 Å². The zero-order valence-corrected chi connectivity index (χ0v) is 12.3. The zero-order valence-electron chi connectivity index (χ0n) is 11.5. The van der Waals surface area contributed by atoms with E-state index in [0.717, 1.165) is 17.3 Å². The molecule has 0 radical (unpaired) electrons. The first kappa shape index (κ1) is 17.1. The number of carbonyl (C=O) groups is 2. The number of carbonyl (C=O) groups excluding carboxylic acids is 2. The Labute approximate surface area is 113 Å². The van der Waals surface area contributed by atoms with Gasteiger partial charge in [0.15, 0.2) is 10.9 Å². The molecule has 0 aromatic carbocycles. The molecule has 2 atom stereocenters. The topological polar surface area (TPSA) is 54.4 Å². The lowest BCUT2D eigenvalue weighted by atomic mass is 9.99. The lowest BCUT2D eigenvalue weighted by molar-refractivity contribution is -0.120. The second-order valence-electron chi connectivity index (χ2n) is 4.30. The summed E-state index contributed by atoms with van der Waals surface area (Å²) in [6.45, 7) is 5.74. The number of allylic oxidation sites excluding steroid dienone is 3. The molecule has 0 amide bonds. The Hall–Kier alpha value is -0.870. The van der Waals surface area contributed by atoms with Crippen LogP contribution in [0.3, 0.4) is 0 Å². The molecule has 0 fully saturated rings. The van der Waals surface area contributed by atoms with Gasteiger partial charge in [-0.05, 0) is 25.7 Å². The van der Waals surface area contributed by atoms with Crippen LogP contribution in [-0.2, 0) is 9.59 Å². The minimum Gasteiger partial charge on any atom is -0.393 e. The molecule has 3 nitrogen and oxygen atoms in total. The van der Waals surface area contributed by atoms with E-state index in [1.165, 1.54) is 6.08 Å². The van der Waals surface area contributed by atoms with Gasteiger partial charge in [-0.3, -0.25) is 9.59 Å². The summed E-state index contributed by atoms with van der Waals surface area (Å²) in [5, 5.41) is 9.50. The normalized spacial score (nSPS) is 15.7. The summed E-state index contributed by atoms with van der Waals surface area (Å²) in [7, 11) is 0. The van der Waals surface area contributed by atoms with Crippen molar-refractivity contribution in [2.24, 2.45) is 5.92 Å². The smallest absolute Gasteiger partial charge is 0.196 e. The van der Waals surface area contributed by atoms with E-state index in [2.05, 4.69) is 0 Å². The third-order valence-electron chi connectivity index (χ3n) is 2.63. The molecule has 18 heavy (non-hydrogen) atoms. The average Bonchev–Trinajstić information content (AvgIpc) is 2.34. The van der Waals surface area contributed by atoms with E-state index in [0.29, 0.717) is 6.42 Å². The van der Waals surface area contributed by atoms with E-state index in [-0.39, 0.29) is 29.3 Å². The first-order chi connectivity index (χ1) is 8.40. The largest absolute Gasteiger partial charge is 0.393 e. The number of ketones is 1. The quantitative estimate of drug-likeness (QED) is 0.439. The molecule has 0 saturated heterocycles. The van der Waals surface area contributed by atoms with E-state index >= 15 is 0 Å². The van der Waals surface area contributed by atoms with E-state index < -0.39 is 0 Å². The molecule has 1 N–H and O–H groups in total. The van der Waals surface area contributed by atoms with Gasteiger partial charge in [-0.15, -0.1) is 0 Å². The molecule has 0 heterocycles. The number of hydrogen-bond acceptors (Lipinski definition) is 4. The predicted molar refractivity (Wildman–Crippen MR) is 76.5 cm³/mol. The summed E-state index contributed by atoms with van der Waals surface area (Å²) >= 11 is 1.06. The maximum atomic E-state index is 11.4. The number of thioether (sulfide) groups is 1. The Kier molecular flexibility index (Phi) is 8.67. The van der Waals surface area contributed by atoms with Gasteiger partial charge in [0.2, 0.25) is 0 Å². The second-order valence-corrected chi connectivity index (χ2v) is 5.16. The van der Waals surface area contributed by atoms with Crippen molar-refractivity contribution in [1.82, 2.24) is 0 Å². The van der Waals surface area contributed by atoms with Gasteiger partial charge in [-0.25, -0.2) is 0 Å². The molecular formula is C14H22O3S. The van der Waals surface area contributed by atoms with Gasteiger partial charge in [0.05, 0.1) is 12.5 Å². The number of rotatable bonds is 7. The third-order valence-corrected chi connectivity index (χ3v) is 3.23. The zero-order chi connectivity index (χ0) is 14.1. The Morgan fingerprint density at radius 3 is 2.44 bits per heavy atom. The standard InChI is InChI=1S/C14H22O3S/c1-5-13(16)11(3)8-10(2)6-7-12(15)9-14(17)18-4/h6-8,11,13,16H,5,9H2,1-4H3/t11-,13+/m0/s1. The summed E-state index contributed by atoms with van der Waals surface area (Å²) in [6.07, 6.45) is 6.99. The monoisotopic (exact) mass is 270 g/mol. The number of aliphatic hydroxyl groups excluding tert-OH is 1. The van der Waals surface area contributed by atoms with Gasteiger partial charge in [0.1, 0.15) is 0 Å². The Morgan fingerprint density at radius 2 is 1.94 bits per heavy atom. The molecule has 0 aromatic heterocycles. The maximum absolute atomic E-state index is 11.4. The van der Waals surface area contributed by atoms with Crippen LogP contribution in [0.2, 0.25) is 0 Å². The van der Waals surface area contributed by atoms with Crippen LogP contribution in [0.15, 0.2) is 23.8 Å².